The molecule has 1 aliphatic carbocycles. The third-order valence-electron chi connectivity index (χ3n) is 3.11. The van der Waals surface area contributed by atoms with Crippen LogP contribution in [-0.4, -0.2) is 24.2 Å². The number of carboxylic acids is 1. The summed E-state index contributed by atoms with van der Waals surface area (Å²) in [6.45, 7) is 5.62. The molecule has 0 heterocycles. The number of nitrogens with one attached hydrogen (secondary N) is 1. The number of hydrogen-bond donors (Lipinski definition) is 2. The van der Waals surface area contributed by atoms with E-state index in [-0.39, 0.29) is 5.92 Å². The Labute approximate surface area is 85.9 Å². The van der Waals surface area contributed by atoms with Crippen molar-refractivity contribution >= 4 is 5.97 Å². The first-order chi connectivity index (χ1) is 6.59. The van der Waals surface area contributed by atoms with Crippen molar-refractivity contribution in [3.63, 3.8) is 0 Å². The Balaban J connectivity index is 2.07. The first kappa shape index (κ1) is 11.5. The first-order valence-corrected chi connectivity index (χ1v) is 5.53. The number of rotatable bonds is 5. The van der Waals surface area contributed by atoms with E-state index in [1.54, 1.807) is 6.92 Å². The largest absolute Gasteiger partial charge is 0.481 e. The zero-order valence-corrected chi connectivity index (χ0v) is 9.12. The molecule has 3 atom stereocenters. The van der Waals surface area contributed by atoms with E-state index in [0.717, 1.165) is 18.4 Å². The number of carboxylic acid groups (broad SMARTS) is 1. The SMILES string of the molecule is CC1CCC(CNCC(C)C(=O)O)C1. The van der Waals surface area contributed by atoms with E-state index >= 15 is 0 Å². The lowest BCUT2D eigenvalue weighted by atomic mass is 10.1. The van der Waals surface area contributed by atoms with E-state index in [9.17, 15) is 4.79 Å². The van der Waals surface area contributed by atoms with E-state index in [1.165, 1.54) is 19.3 Å². The van der Waals surface area contributed by atoms with Gasteiger partial charge in [-0.2, -0.15) is 0 Å². The van der Waals surface area contributed by atoms with Crippen molar-refractivity contribution in [2.45, 2.75) is 33.1 Å². The maximum atomic E-state index is 10.5. The van der Waals surface area contributed by atoms with E-state index in [4.69, 9.17) is 5.11 Å². The van der Waals surface area contributed by atoms with Gasteiger partial charge >= 0.3 is 5.97 Å². The molecular formula is C11H21NO2. The smallest absolute Gasteiger partial charge is 0.307 e. The van der Waals surface area contributed by atoms with Gasteiger partial charge in [0, 0.05) is 6.54 Å². The maximum absolute atomic E-state index is 10.5. The predicted octanol–water partition coefficient (Wildman–Crippen LogP) is 1.73. The van der Waals surface area contributed by atoms with Gasteiger partial charge in [-0.15, -0.1) is 0 Å². The average Bonchev–Trinajstić information content (AvgIpc) is 2.51. The second-order valence-electron chi connectivity index (χ2n) is 4.68. The minimum absolute atomic E-state index is 0.270. The normalized spacial score (nSPS) is 29.0. The second-order valence-corrected chi connectivity index (χ2v) is 4.68. The first-order valence-electron chi connectivity index (χ1n) is 5.53. The number of carbonyl (C=O) groups is 1. The highest BCUT2D eigenvalue weighted by molar-refractivity contribution is 5.69. The van der Waals surface area contributed by atoms with Gasteiger partial charge in [-0.1, -0.05) is 20.3 Å². The van der Waals surface area contributed by atoms with E-state index < -0.39 is 5.97 Å². The van der Waals surface area contributed by atoms with Gasteiger partial charge in [0.15, 0.2) is 0 Å². The maximum Gasteiger partial charge on any atom is 0.307 e. The van der Waals surface area contributed by atoms with Crippen LogP contribution in [0.2, 0.25) is 0 Å². The van der Waals surface area contributed by atoms with Crippen LogP contribution in [0.25, 0.3) is 0 Å². The van der Waals surface area contributed by atoms with Crippen LogP contribution in [0.4, 0.5) is 0 Å². The van der Waals surface area contributed by atoms with Crippen molar-refractivity contribution in [2.24, 2.45) is 17.8 Å². The molecule has 1 saturated carbocycles. The molecule has 0 aromatic rings. The van der Waals surface area contributed by atoms with Gasteiger partial charge in [0.1, 0.15) is 0 Å². The molecule has 0 aliphatic heterocycles. The zero-order chi connectivity index (χ0) is 10.6. The summed E-state index contributed by atoms with van der Waals surface area (Å²) in [5.41, 5.74) is 0. The Kier molecular flexibility index (Phi) is 4.39. The molecule has 3 heteroatoms. The molecule has 0 bridgehead atoms. The molecule has 3 unspecified atom stereocenters. The molecule has 0 radical (unpaired) electrons. The fourth-order valence-corrected chi connectivity index (χ4v) is 2.10. The molecule has 0 amide bonds. The topological polar surface area (TPSA) is 49.3 Å². The fraction of sp³-hybridized carbons (Fsp3) is 0.909. The summed E-state index contributed by atoms with van der Waals surface area (Å²) in [7, 11) is 0. The summed E-state index contributed by atoms with van der Waals surface area (Å²) in [4.78, 5) is 10.5. The van der Waals surface area contributed by atoms with Crippen LogP contribution in [0.3, 0.4) is 0 Å². The summed E-state index contributed by atoms with van der Waals surface area (Å²) in [5.74, 6) is 0.649. The lowest BCUT2D eigenvalue weighted by Crippen LogP contribution is -2.29. The second kappa shape index (κ2) is 5.35. The van der Waals surface area contributed by atoms with Gasteiger partial charge in [-0.3, -0.25) is 4.79 Å². The van der Waals surface area contributed by atoms with Gasteiger partial charge in [0.25, 0.3) is 0 Å². The Morgan fingerprint density at radius 3 is 2.79 bits per heavy atom. The highest BCUT2D eigenvalue weighted by Gasteiger charge is 2.21. The number of hydrogen-bond acceptors (Lipinski definition) is 2. The summed E-state index contributed by atoms with van der Waals surface area (Å²) in [5, 5.41) is 11.9. The van der Waals surface area contributed by atoms with E-state index in [1.807, 2.05) is 0 Å². The van der Waals surface area contributed by atoms with E-state index in [2.05, 4.69) is 12.2 Å². The van der Waals surface area contributed by atoms with Crippen LogP contribution in [0, 0.1) is 17.8 Å². The van der Waals surface area contributed by atoms with Crippen molar-refractivity contribution in [3.8, 4) is 0 Å². The van der Waals surface area contributed by atoms with Crippen molar-refractivity contribution in [3.05, 3.63) is 0 Å². The van der Waals surface area contributed by atoms with Crippen molar-refractivity contribution in [1.82, 2.24) is 5.32 Å². The molecule has 0 spiro atoms. The molecule has 82 valence electrons. The molecule has 2 N–H and O–H groups in total. The molecule has 1 rings (SSSR count). The van der Waals surface area contributed by atoms with Gasteiger partial charge in [-0.05, 0) is 31.2 Å². The quantitative estimate of drug-likeness (QED) is 0.709. The van der Waals surface area contributed by atoms with Gasteiger partial charge in [0.05, 0.1) is 5.92 Å². The Hall–Kier alpha value is -0.570. The highest BCUT2D eigenvalue weighted by atomic mass is 16.4. The lowest BCUT2D eigenvalue weighted by Gasteiger charge is -2.12. The molecule has 0 aromatic carbocycles. The Bertz CT molecular complexity index is 194. The van der Waals surface area contributed by atoms with E-state index in [0.29, 0.717) is 6.54 Å². The average molecular weight is 199 g/mol. The third kappa shape index (κ3) is 3.66. The van der Waals surface area contributed by atoms with Crippen LogP contribution in [0.1, 0.15) is 33.1 Å². The van der Waals surface area contributed by atoms with Crippen LogP contribution >= 0.6 is 0 Å². The van der Waals surface area contributed by atoms with Crippen molar-refractivity contribution in [2.75, 3.05) is 13.1 Å². The lowest BCUT2D eigenvalue weighted by molar-refractivity contribution is -0.140. The summed E-state index contributed by atoms with van der Waals surface area (Å²) in [6.07, 6.45) is 3.94. The van der Waals surface area contributed by atoms with Crippen LogP contribution in [-0.2, 0) is 4.79 Å². The minimum Gasteiger partial charge on any atom is -0.481 e. The fourth-order valence-electron chi connectivity index (χ4n) is 2.10. The molecular weight excluding hydrogens is 178 g/mol. The molecule has 0 saturated heterocycles. The van der Waals surface area contributed by atoms with Crippen LogP contribution < -0.4 is 5.32 Å². The van der Waals surface area contributed by atoms with Crippen LogP contribution in [0.5, 0.6) is 0 Å². The van der Waals surface area contributed by atoms with Crippen molar-refractivity contribution in [1.29, 1.82) is 0 Å². The molecule has 14 heavy (non-hydrogen) atoms. The van der Waals surface area contributed by atoms with Gasteiger partial charge in [-0.25, -0.2) is 0 Å². The standard InChI is InChI=1S/C11H21NO2/c1-8-3-4-10(5-8)7-12-6-9(2)11(13)14/h8-10,12H,3-7H2,1-2H3,(H,13,14). The molecule has 1 fully saturated rings. The number of aliphatic carboxylic acids is 1. The summed E-state index contributed by atoms with van der Waals surface area (Å²) < 4.78 is 0. The monoisotopic (exact) mass is 199 g/mol. The van der Waals surface area contributed by atoms with Gasteiger partial charge < -0.3 is 10.4 Å². The Morgan fingerprint density at radius 2 is 2.29 bits per heavy atom. The molecule has 3 nitrogen and oxygen atoms in total. The summed E-state index contributed by atoms with van der Waals surface area (Å²) >= 11 is 0. The summed E-state index contributed by atoms with van der Waals surface area (Å²) in [6, 6.07) is 0. The molecule has 1 aliphatic rings. The third-order valence-corrected chi connectivity index (χ3v) is 3.11. The van der Waals surface area contributed by atoms with Crippen LogP contribution in [0.15, 0.2) is 0 Å². The highest BCUT2D eigenvalue weighted by Crippen LogP contribution is 2.29. The Morgan fingerprint density at radius 1 is 1.57 bits per heavy atom. The molecule has 0 aromatic heterocycles. The predicted molar refractivity (Wildman–Crippen MR) is 56.2 cm³/mol. The minimum atomic E-state index is -0.711. The van der Waals surface area contributed by atoms with Crippen molar-refractivity contribution < 1.29 is 9.90 Å². The van der Waals surface area contributed by atoms with Gasteiger partial charge in [0.2, 0.25) is 0 Å². The zero-order valence-electron chi connectivity index (χ0n) is 9.12.